The zero-order valence-corrected chi connectivity index (χ0v) is 7.28. The fraction of sp³-hybridized carbons (Fsp3) is 0.250. The molecule has 4 nitrogen and oxygen atoms in total. The largest absolute Gasteiger partial charge is 0.344 e. The summed E-state index contributed by atoms with van der Waals surface area (Å²) in [5.74, 6) is 0. The summed E-state index contributed by atoms with van der Waals surface area (Å²) in [7, 11) is 1.81. The highest BCUT2D eigenvalue weighted by atomic mass is 35.5. The maximum Gasteiger partial charge on any atom is 0.0510 e. The van der Waals surface area contributed by atoms with Gasteiger partial charge in [0, 0.05) is 13.2 Å². The molecule has 0 aliphatic carbocycles. The fourth-order valence-corrected chi connectivity index (χ4v) is 0.401. The Morgan fingerprint density at radius 3 is 2.20 bits per heavy atom. The van der Waals surface area contributed by atoms with E-state index in [1.54, 1.807) is 11.0 Å². The molecular weight excluding hydrogens is 175 g/mol. The van der Waals surface area contributed by atoms with Crippen LogP contribution >= 0.6 is 24.8 Å². The van der Waals surface area contributed by atoms with E-state index in [9.17, 15) is 0 Å². The third-order valence-corrected chi connectivity index (χ3v) is 0.734. The Morgan fingerprint density at radius 2 is 2.00 bits per heavy atom. The quantitative estimate of drug-likeness (QED) is 0.690. The van der Waals surface area contributed by atoms with Crippen LogP contribution in [0, 0.1) is 0 Å². The Bertz CT molecular complexity index is 130. The summed E-state index contributed by atoms with van der Waals surface area (Å²) in [6, 6.07) is 1.86. The van der Waals surface area contributed by atoms with E-state index in [0.29, 0.717) is 0 Å². The van der Waals surface area contributed by atoms with E-state index in [2.05, 4.69) is 10.5 Å². The van der Waals surface area contributed by atoms with Crippen molar-refractivity contribution < 1.29 is 0 Å². The number of nitrogens with one attached hydrogen (secondary N) is 1. The van der Waals surface area contributed by atoms with Gasteiger partial charge in [-0.25, -0.2) is 0 Å². The van der Waals surface area contributed by atoms with Gasteiger partial charge in [-0.3, -0.25) is 0 Å². The van der Waals surface area contributed by atoms with Gasteiger partial charge in [-0.1, -0.05) is 0 Å². The molecule has 6 heteroatoms. The van der Waals surface area contributed by atoms with Crippen molar-refractivity contribution in [1.82, 2.24) is 16.0 Å². The van der Waals surface area contributed by atoms with Crippen molar-refractivity contribution in [3.05, 3.63) is 18.5 Å². The van der Waals surface area contributed by atoms with E-state index in [1.807, 2.05) is 19.3 Å². The summed E-state index contributed by atoms with van der Waals surface area (Å²) in [4.78, 5) is 1.62. The van der Waals surface area contributed by atoms with Crippen molar-refractivity contribution in [3.8, 4) is 0 Å². The molecule has 4 N–H and O–H groups in total. The van der Waals surface area contributed by atoms with Gasteiger partial charge >= 0.3 is 0 Å². The van der Waals surface area contributed by atoms with Crippen molar-refractivity contribution in [2.24, 2.45) is 0 Å². The lowest BCUT2D eigenvalue weighted by atomic mass is 10.8. The SMILES string of the molecule is CNn1cccn1.Cl.Cl.N. The van der Waals surface area contributed by atoms with Crippen molar-refractivity contribution >= 4 is 24.8 Å². The molecule has 1 heterocycles. The van der Waals surface area contributed by atoms with Crippen molar-refractivity contribution in [3.63, 3.8) is 0 Å². The molecule has 0 aliphatic rings. The molecule has 0 radical (unpaired) electrons. The van der Waals surface area contributed by atoms with Gasteiger partial charge in [0.15, 0.2) is 0 Å². The van der Waals surface area contributed by atoms with Crippen LogP contribution in [-0.4, -0.2) is 16.9 Å². The first-order valence-corrected chi connectivity index (χ1v) is 2.11. The Labute approximate surface area is 72.4 Å². The molecule has 0 unspecified atom stereocenters. The van der Waals surface area contributed by atoms with E-state index < -0.39 is 0 Å². The second-order valence-electron chi connectivity index (χ2n) is 1.17. The summed E-state index contributed by atoms with van der Waals surface area (Å²) in [6.07, 6.45) is 3.55. The van der Waals surface area contributed by atoms with Crippen LogP contribution in [0.25, 0.3) is 0 Å². The minimum Gasteiger partial charge on any atom is -0.344 e. The van der Waals surface area contributed by atoms with Crippen LogP contribution in [0.5, 0.6) is 0 Å². The van der Waals surface area contributed by atoms with Crippen LogP contribution < -0.4 is 11.6 Å². The van der Waals surface area contributed by atoms with Crippen LogP contribution in [0.3, 0.4) is 0 Å². The summed E-state index contributed by atoms with van der Waals surface area (Å²) < 4.78 is 0. The first-order valence-electron chi connectivity index (χ1n) is 2.11. The van der Waals surface area contributed by atoms with Crippen LogP contribution in [-0.2, 0) is 0 Å². The molecule has 0 bridgehead atoms. The van der Waals surface area contributed by atoms with Crippen molar-refractivity contribution in [2.45, 2.75) is 0 Å². The zero-order valence-electron chi connectivity index (χ0n) is 5.65. The van der Waals surface area contributed by atoms with Crippen molar-refractivity contribution in [2.75, 3.05) is 12.5 Å². The van der Waals surface area contributed by atoms with Gasteiger partial charge < -0.3 is 11.6 Å². The average molecular weight is 187 g/mol. The minimum absolute atomic E-state index is 0. The number of rotatable bonds is 1. The molecule has 1 aromatic rings. The summed E-state index contributed by atoms with van der Waals surface area (Å²) in [5.41, 5.74) is 2.81. The third-order valence-electron chi connectivity index (χ3n) is 0.734. The van der Waals surface area contributed by atoms with E-state index in [-0.39, 0.29) is 31.0 Å². The van der Waals surface area contributed by atoms with Crippen LogP contribution in [0.2, 0.25) is 0 Å². The Hall–Kier alpha value is -0.450. The second kappa shape index (κ2) is 8.55. The van der Waals surface area contributed by atoms with Gasteiger partial charge in [-0.05, 0) is 6.07 Å². The highest BCUT2D eigenvalue weighted by Crippen LogP contribution is 1.74. The predicted molar refractivity (Wildman–Crippen MR) is 47.0 cm³/mol. The van der Waals surface area contributed by atoms with E-state index in [4.69, 9.17) is 0 Å². The maximum absolute atomic E-state index is 3.84. The van der Waals surface area contributed by atoms with E-state index >= 15 is 0 Å². The minimum atomic E-state index is 0. The second-order valence-corrected chi connectivity index (χ2v) is 1.17. The highest BCUT2D eigenvalue weighted by Gasteiger charge is 1.75. The standard InChI is InChI=1S/C4H7N3.2ClH.H3N/c1-5-7-4-2-3-6-7;;;/h2-5H,1H3;2*1H;1H3. The highest BCUT2D eigenvalue weighted by molar-refractivity contribution is 5.85. The molecule has 0 atom stereocenters. The number of nitrogens with zero attached hydrogens (tertiary/aromatic N) is 2. The van der Waals surface area contributed by atoms with Gasteiger partial charge in [0.2, 0.25) is 0 Å². The summed E-state index contributed by atoms with van der Waals surface area (Å²) >= 11 is 0. The molecule has 0 aliphatic heterocycles. The Balaban J connectivity index is -0.000000163. The number of aromatic nitrogens is 2. The smallest absolute Gasteiger partial charge is 0.0510 e. The molecule has 0 fully saturated rings. The molecule has 0 saturated carbocycles. The fourth-order valence-electron chi connectivity index (χ4n) is 0.401. The van der Waals surface area contributed by atoms with E-state index in [1.165, 1.54) is 0 Å². The molecule has 0 amide bonds. The van der Waals surface area contributed by atoms with Gasteiger partial charge in [-0.15, -0.1) is 24.8 Å². The normalized spacial score (nSPS) is 6.10. The number of halogens is 2. The Morgan fingerprint density at radius 1 is 1.40 bits per heavy atom. The third kappa shape index (κ3) is 4.43. The average Bonchev–Trinajstić information content (AvgIpc) is 2.14. The molecule has 10 heavy (non-hydrogen) atoms. The lowest BCUT2D eigenvalue weighted by Gasteiger charge is -1.92. The first kappa shape index (κ1) is 16.3. The topological polar surface area (TPSA) is 64.8 Å². The van der Waals surface area contributed by atoms with E-state index in [0.717, 1.165) is 0 Å². The number of hydrogen-bond acceptors (Lipinski definition) is 3. The van der Waals surface area contributed by atoms with Gasteiger partial charge in [0.05, 0.1) is 6.20 Å². The van der Waals surface area contributed by atoms with Crippen LogP contribution in [0.1, 0.15) is 0 Å². The lowest BCUT2D eigenvalue weighted by molar-refractivity contribution is 0.782. The van der Waals surface area contributed by atoms with Crippen LogP contribution in [0.15, 0.2) is 18.5 Å². The lowest BCUT2D eigenvalue weighted by Crippen LogP contribution is -2.07. The molecule has 62 valence electrons. The van der Waals surface area contributed by atoms with Crippen LogP contribution in [0.4, 0.5) is 0 Å². The molecule has 1 rings (SSSR count). The maximum atomic E-state index is 3.84. The summed E-state index contributed by atoms with van der Waals surface area (Å²) in [6.45, 7) is 0. The van der Waals surface area contributed by atoms with Gasteiger partial charge in [0.1, 0.15) is 0 Å². The first-order chi connectivity index (χ1) is 3.43. The predicted octanol–water partition coefficient (Wildman–Crippen LogP) is 1.06. The molecule has 1 aromatic heterocycles. The summed E-state index contributed by atoms with van der Waals surface area (Å²) in [5, 5.41) is 3.84. The monoisotopic (exact) mass is 186 g/mol. The van der Waals surface area contributed by atoms with Gasteiger partial charge in [-0.2, -0.15) is 9.89 Å². The van der Waals surface area contributed by atoms with Gasteiger partial charge in [0.25, 0.3) is 0 Å². The number of hydrogen-bond donors (Lipinski definition) is 2. The molecule has 0 aromatic carbocycles. The molecule has 0 saturated heterocycles. The molecular formula is C4H12Cl2N4. The zero-order chi connectivity index (χ0) is 5.11. The Kier molecular flexibility index (Phi) is 13.9. The van der Waals surface area contributed by atoms with Crippen molar-refractivity contribution in [1.29, 1.82) is 0 Å². The molecule has 0 spiro atoms.